The molecule has 150 valence electrons. The first-order valence-electron chi connectivity index (χ1n) is 9.98. The number of nitrogens with zero attached hydrogens (tertiary/aromatic N) is 4. The lowest BCUT2D eigenvalue weighted by Gasteiger charge is -2.36. The zero-order valence-corrected chi connectivity index (χ0v) is 16.9. The minimum atomic E-state index is -0.0523. The second kappa shape index (κ2) is 8.61. The van der Waals surface area contributed by atoms with Crippen LogP contribution < -0.4 is 5.32 Å². The van der Waals surface area contributed by atoms with Crippen molar-refractivity contribution in [2.45, 2.75) is 45.1 Å². The van der Waals surface area contributed by atoms with E-state index in [1.54, 1.807) is 0 Å². The maximum absolute atomic E-state index is 13.1. The van der Waals surface area contributed by atoms with Crippen LogP contribution in [0.1, 0.15) is 53.8 Å². The Kier molecular flexibility index (Phi) is 6.42. The predicted molar refractivity (Wildman–Crippen MR) is 105 cm³/mol. The van der Waals surface area contributed by atoms with E-state index in [1.165, 1.54) is 6.42 Å². The molecule has 2 amide bonds. The van der Waals surface area contributed by atoms with Crippen LogP contribution in [-0.2, 0) is 24.8 Å². The number of nitrogens with one attached hydrogen (secondary N) is 1. The van der Waals surface area contributed by atoms with Crippen molar-refractivity contribution in [3.8, 4) is 0 Å². The number of carbonyl (C=O) groups excluding carboxylic acids is 2. The molecule has 3 aliphatic rings. The zero-order valence-electron chi connectivity index (χ0n) is 16.1. The number of aryl methyl sites for hydroxylation is 1. The molecule has 3 aliphatic heterocycles. The van der Waals surface area contributed by atoms with E-state index >= 15 is 0 Å². The number of amides is 2. The molecule has 0 spiro atoms. The van der Waals surface area contributed by atoms with Crippen molar-refractivity contribution in [2.75, 3.05) is 32.7 Å². The van der Waals surface area contributed by atoms with Gasteiger partial charge < -0.3 is 15.1 Å². The molecule has 4 rings (SSSR count). The minimum absolute atomic E-state index is 0. The summed E-state index contributed by atoms with van der Waals surface area (Å²) in [6.07, 6.45) is 6.12. The molecular weight excluding hydrogens is 366 g/mol. The van der Waals surface area contributed by atoms with Crippen LogP contribution in [0.25, 0.3) is 0 Å². The fraction of sp³-hybridized carbons (Fsp3) is 0.737. The molecular formula is C19H30ClN5O2. The molecule has 27 heavy (non-hydrogen) atoms. The summed E-state index contributed by atoms with van der Waals surface area (Å²) in [5.41, 5.74) is 2.76. The second-order valence-corrected chi connectivity index (χ2v) is 7.80. The smallest absolute Gasteiger partial charge is 0.274 e. The van der Waals surface area contributed by atoms with Gasteiger partial charge in [-0.2, -0.15) is 5.10 Å². The number of rotatable bonds is 2. The number of aromatic nitrogens is 2. The van der Waals surface area contributed by atoms with E-state index in [9.17, 15) is 9.59 Å². The van der Waals surface area contributed by atoms with Gasteiger partial charge in [0.2, 0.25) is 5.91 Å². The van der Waals surface area contributed by atoms with Gasteiger partial charge in [0.25, 0.3) is 5.91 Å². The molecule has 2 saturated heterocycles. The molecule has 2 fully saturated rings. The van der Waals surface area contributed by atoms with Crippen LogP contribution in [-0.4, -0.2) is 64.1 Å². The van der Waals surface area contributed by atoms with E-state index in [2.05, 4.69) is 10.4 Å². The third-order valence-corrected chi connectivity index (χ3v) is 6.04. The summed E-state index contributed by atoms with van der Waals surface area (Å²) < 4.78 is 1.85. The largest absolute Gasteiger partial charge is 0.342 e. The van der Waals surface area contributed by atoms with E-state index in [-0.39, 0.29) is 30.1 Å². The average Bonchev–Trinajstić information content (AvgIpc) is 3.04. The molecule has 0 radical (unpaired) electrons. The molecule has 0 bridgehead atoms. The first kappa shape index (κ1) is 20.1. The Morgan fingerprint density at radius 3 is 2.59 bits per heavy atom. The van der Waals surface area contributed by atoms with Crippen LogP contribution in [0.4, 0.5) is 0 Å². The van der Waals surface area contributed by atoms with Gasteiger partial charge in [0.1, 0.15) is 0 Å². The highest BCUT2D eigenvalue weighted by Gasteiger charge is 2.34. The summed E-state index contributed by atoms with van der Waals surface area (Å²) in [4.78, 5) is 29.8. The fourth-order valence-electron chi connectivity index (χ4n) is 4.58. The Bertz CT molecular complexity index is 699. The maximum atomic E-state index is 13.1. The monoisotopic (exact) mass is 395 g/mol. The number of likely N-dealkylation sites (tertiary alicyclic amines) is 2. The normalized spacial score (nSPS) is 22.8. The van der Waals surface area contributed by atoms with E-state index in [0.717, 1.165) is 69.5 Å². The van der Waals surface area contributed by atoms with Crippen LogP contribution >= 0.6 is 12.4 Å². The first-order chi connectivity index (χ1) is 12.6. The molecule has 0 saturated carbocycles. The predicted octanol–water partition coefficient (Wildman–Crippen LogP) is 1.35. The number of fused-ring (bicyclic) bond motifs is 1. The Morgan fingerprint density at radius 1 is 1.07 bits per heavy atom. The lowest BCUT2D eigenvalue weighted by molar-refractivity contribution is -0.137. The quantitative estimate of drug-likeness (QED) is 0.820. The molecule has 1 unspecified atom stereocenters. The number of hydrogen-bond donors (Lipinski definition) is 1. The molecule has 0 aliphatic carbocycles. The zero-order chi connectivity index (χ0) is 18.1. The Hall–Kier alpha value is -1.60. The topological polar surface area (TPSA) is 70.5 Å². The van der Waals surface area contributed by atoms with Gasteiger partial charge in [0.15, 0.2) is 5.69 Å². The fourth-order valence-corrected chi connectivity index (χ4v) is 4.58. The minimum Gasteiger partial charge on any atom is -0.342 e. The summed E-state index contributed by atoms with van der Waals surface area (Å²) in [7, 11) is 1.92. The molecule has 1 aromatic rings. The van der Waals surface area contributed by atoms with Gasteiger partial charge in [-0.25, -0.2) is 0 Å². The lowest BCUT2D eigenvalue weighted by atomic mass is 9.95. The Labute approximate surface area is 166 Å². The summed E-state index contributed by atoms with van der Waals surface area (Å²) in [5.74, 6) is 0.178. The van der Waals surface area contributed by atoms with Crippen molar-refractivity contribution in [2.24, 2.45) is 13.0 Å². The number of piperidine rings is 2. The van der Waals surface area contributed by atoms with E-state index in [4.69, 9.17) is 0 Å². The summed E-state index contributed by atoms with van der Waals surface area (Å²) in [5, 5.41) is 7.85. The van der Waals surface area contributed by atoms with Gasteiger partial charge in [-0.15, -0.1) is 12.4 Å². The summed E-state index contributed by atoms with van der Waals surface area (Å²) >= 11 is 0. The highest BCUT2D eigenvalue weighted by molar-refractivity contribution is 5.94. The Balaban J connectivity index is 0.00000210. The molecule has 1 atom stereocenters. The Morgan fingerprint density at radius 2 is 1.81 bits per heavy atom. The third kappa shape index (κ3) is 3.99. The van der Waals surface area contributed by atoms with E-state index in [1.807, 2.05) is 21.5 Å². The molecule has 4 heterocycles. The van der Waals surface area contributed by atoms with Crippen LogP contribution in [0.15, 0.2) is 0 Å². The van der Waals surface area contributed by atoms with Crippen LogP contribution in [0.2, 0.25) is 0 Å². The molecule has 7 nitrogen and oxygen atoms in total. The van der Waals surface area contributed by atoms with Gasteiger partial charge in [-0.3, -0.25) is 14.3 Å². The SMILES string of the molecule is Cl.Cn1nc(C(=O)N2CCCC(C(=O)N3CCCCC3)C2)c2c1CCNC2. The maximum Gasteiger partial charge on any atom is 0.274 e. The van der Waals surface area contributed by atoms with Gasteiger partial charge in [-0.05, 0) is 32.1 Å². The van der Waals surface area contributed by atoms with Crippen molar-refractivity contribution in [1.29, 1.82) is 0 Å². The number of carbonyl (C=O) groups is 2. The van der Waals surface area contributed by atoms with Crippen LogP contribution in [0.5, 0.6) is 0 Å². The molecule has 0 aromatic carbocycles. The molecule has 8 heteroatoms. The van der Waals surface area contributed by atoms with Crippen molar-refractivity contribution in [1.82, 2.24) is 24.9 Å². The van der Waals surface area contributed by atoms with Gasteiger partial charge >= 0.3 is 0 Å². The standard InChI is InChI=1S/C19H29N5O2.ClH/c1-22-16-7-8-20-12-15(16)17(21-22)19(26)24-11-5-6-14(13-24)18(25)23-9-3-2-4-10-23;/h14,20H,2-13H2,1H3;1H. The summed E-state index contributed by atoms with van der Waals surface area (Å²) in [6, 6.07) is 0. The average molecular weight is 396 g/mol. The van der Waals surface area contributed by atoms with Gasteiger partial charge in [0.05, 0.1) is 5.92 Å². The highest BCUT2D eigenvalue weighted by atomic mass is 35.5. The number of halogens is 1. The van der Waals surface area contributed by atoms with E-state index in [0.29, 0.717) is 18.8 Å². The van der Waals surface area contributed by atoms with Crippen LogP contribution in [0, 0.1) is 5.92 Å². The first-order valence-corrected chi connectivity index (χ1v) is 9.98. The number of hydrogen-bond acceptors (Lipinski definition) is 4. The van der Waals surface area contributed by atoms with Gasteiger partial charge in [0, 0.05) is 64.0 Å². The van der Waals surface area contributed by atoms with Crippen molar-refractivity contribution in [3.05, 3.63) is 17.0 Å². The van der Waals surface area contributed by atoms with E-state index < -0.39 is 0 Å². The summed E-state index contributed by atoms with van der Waals surface area (Å²) in [6.45, 7) is 4.64. The van der Waals surface area contributed by atoms with Crippen molar-refractivity contribution >= 4 is 24.2 Å². The van der Waals surface area contributed by atoms with Crippen LogP contribution in [0.3, 0.4) is 0 Å². The third-order valence-electron chi connectivity index (χ3n) is 6.04. The van der Waals surface area contributed by atoms with Crippen molar-refractivity contribution < 1.29 is 9.59 Å². The van der Waals surface area contributed by atoms with Gasteiger partial charge in [-0.1, -0.05) is 0 Å². The van der Waals surface area contributed by atoms with Crippen molar-refractivity contribution in [3.63, 3.8) is 0 Å². The molecule has 1 N–H and O–H groups in total. The lowest BCUT2D eigenvalue weighted by Crippen LogP contribution is -2.48. The highest BCUT2D eigenvalue weighted by Crippen LogP contribution is 2.24. The second-order valence-electron chi connectivity index (χ2n) is 7.80. The molecule has 1 aromatic heterocycles.